The smallest absolute Gasteiger partial charge is 0.324 e. The second-order valence-corrected chi connectivity index (χ2v) is 4.93. The maximum absolute atomic E-state index is 10.6. The molecular weight excluding hydrogens is 264 g/mol. The van der Waals surface area contributed by atoms with Crippen LogP contribution in [-0.4, -0.2) is 15.1 Å². The monoisotopic (exact) mass is 274 g/mol. The van der Waals surface area contributed by atoms with Crippen molar-refractivity contribution in [2.45, 2.75) is 6.54 Å². The van der Waals surface area contributed by atoms with E-state index in [0.29, 0.717) is 6.54 Å². The van der Waals surface area contributed by atoms with Crippen LogP contribution in [0.25, 0.3) is 10.9 Å². The first-order valence-corrected chi connectivity index (χ1v) is 6.50. The number of benzene rings is 1. The molecule has 1 aromatic carbocycles. The van der Waals surface area contributed by atoms with E-state index in [2.05, 4.69) is 15.5 Å². The number of nitro groups is 1. The lowest BCUT2D eigenvalue weighted by atomic mass is 10.2. The van der Waals surface area contributed by atoms with Gasteiger partial charge in [-0.2, -0.15) is 5.10 Å². The molecule has 3 aromatic rings. The average molecular weight is 274 g/mol. The maximum atomic E-state index is 10.6. The fraction of sp³-hybridized carbons (Fsp3) is 0.0833. The van der Waals surface area contributed by atoms with Crippen LogP contribution >= 0.6 is 11.3 Å². The van der Waals surface area contributed by atoms with Gasteiger partial charge in [0.25, 0.3) is 0 Å². The summed E-state index contributed by atoms with van der Waals surface area (Å²) in [5.74, 6) is 0. The van der Waals surface area contributed by atoms with Gasteiger partial charge >= 0.3 is 5.00 Å². The first-order valence-electron chi connectivity index (χ1n) is 5.62. The lowest BCUT2D eigenvalue weighted by Gasteiger charge is -2.05. The van der Waals surface area contributed by atoms with Gasteiger partial charge in [-0.1, -0.05) is 23.5 Å². The summed E-state index contributed by atoms with van der Waals surface area (Å²) in [4.78, 5) is 10.2. The van der Waals surface area contributed by atoms with Gasteiger partial charge in [-0.3, -0.25) is 15.2 Å². The molecule has 0 aliphatic carbocycles. The number of anilines is 1. The van der Waals surface area contributed by atoms with Gasteiger partial charge in [-0.05, 0) is 11.6 Å². The zero-order chi connectivity index (χ0) is 13.2. The van der Waals surface area contributed by atoms with Crippen LogP contribution in [0.15, 0.2) is 35.8 Å². The van der Waals surface area contributed by atoms with Gasteiger partial charge < -0.3 is 5.32 Å². The number of H-pyrrole nitrogens is 1. The Morgan fingerprint density at radius 3 is 3.16 bits per heavy atom. The Morgan fingerprint density at radius 1 is 1.47 bits per heavy atom. The molecule has 6 nitrogen and oxygen atoms in total. The van der Waals surface area contributed by atoms with Gasteiger partial charge in [0.1, 0.15) is 0 Å². The summed E-state index contributed by atoms with van der Waals surface area (Å²) < 4.78 is 0. The number of rotatable bonds is 4. The maximum Gasteiger partial charge on any atom is 0.324 e. The Hall–Kier alpha value is -2.41. The molecule has 3 rings (SSSR count). The number of hydrogen-bond acceptors (Lipinski definition) is 5. The third-order valence-electron chi connectivity index (χ3n) is 2.78. The van der Waals surface area contributed by atoms with E-state index in [4.69, 9.17) is 0 Å². The Labute approximate surface area is 112 Å². The van der Waals surface area contributed by atoms with Gasteiger partial charge in [0, 0.05) is 23.4 Å². The van der Waals surface area contributed by atoms with E-state index in [0.717, 1.165) is 33.5 Å². The first kappa shape index (κ1) is 11.7. The minimum atomic E-state index is -0.371. The number of para-hydroxylation sites is 1. The van der Waals surface area contributed by atoms with E-state index in [-0.39, 0.29) is 9.92 Å². The van der Waals surface area contributed by atoms with Gasteiger partial charge in [-0.25, -0.2) is 0 Å². The van der Waals surface area contributed by atoms with Crippen molar-refractivity contribution >= 4 is 32.9 Å². The van der Waals surface area contributed by atoms with E-state index in [9.17, 15) is 10.1 Å². The van der Waals surface area contributed by atoms with Crippen LogP contribution in [0.2, 0.25) is 0 Å². The molecule has 0 amide bonds. The molecule has 7 heteroatoms. The fourth-order valence-electron chi connectivity index (χ4n) is 1.86. The number of hydrogen-bond donors (Lipinski definition) is 2. The van der Waals surface area contributed by atoms with Gasteiger partial charge in [0.2, 0.25) is 0 Å². The lowest BCUT2D eigenvalue weighted by Crippen LogP contribution is -1.98. The molecule has 0 atom stereocenters. The number of nitrogens with one attached hydrogen (secondary N) is 2. The summed E-state index contributed by atoms with van der Waals surface area (Å²) in [7, 11) is 0. The quantitative estimate of drug-likeness (QED) is 0.565. The zero-order valence-corrected chi connectivity index (χ0v) is 10.6. The SMILES string of the molecule is O=[N+]([O-])c1cc(CNc2cccc3cn[nH]c23)cs1. The predicted octanol–water partition coefficient (Wildman–Crippen LogP) is 3.14. The zero-order valence-electron chi connectivity index (χ0n) is 9.79. The van der Waals surface area contributed by atoms with Crippen LogP contribution in [0.5, 0.6) is 0 Å². The molecular formula is C12H10N4O2S. The molecule has 0 aliphatic heterocycles. The van der Waals surface area contributed by atoms with Crippen LogP contribution < -0.4 is 5.32 Å². The summed E-state index contributed by atoms with van der Waals surface area (Å²) in [6.07, 6.45) is 1.76. The average Bonchev–Trinajstić information content (AvgIpc) is 3.05. The molecule has 0 saturated heterocycles. The van der Waals surface area contributed by atoms with Crippen molar-refractivity contribution in [3.63, 3.8) is 0 Å². The van der Waals surface area contributed by atoms with Crippen molar-refractivity contribution in [1.82, 2.24) is 10.2 Å². The van der Waals surface area contributed by atoms with Crippen LogP contribution in [-0.2, 0) is 6.54 Å². The van der Waals surface area contributed by atoms with E-state index in [1.807, 2.05) is 18.2 Å². The highest BCUT2D eigenvalue weighted by Gasteiger charge is 2.09. The largest absolute Gasteiger partial charge is 0.379 e. The molecule has 96 valence electrons. The summed E-state index contributed by atoms with van der Waals surface area (Å²) in [6, 6.07) is 7.45. The Morgan fingerprint density at radius 2 is 2.37 bits per heavy atom. The van der Waals surface area contributed by atoms with Gasteiger partial charge in [0.05, 0.1) is 22.3 Å². The van der Waals surface area contributed by atoms with Crippen molar-refractivity contribution < 1.29 is 4.92 Å². The van der Waals surface area contributed by atoms with Crippen LogP contribution in [0.4, 0.5) is 10.7 Å². The van der Waals surface area contributed by atoms with E-state index in [1.165, 1.54) is 0 Å². The molecule has 0 saturated carbocycles. The highest BCUT2D eigenvalue weighted by molar-refractivity contribution is 7.13. The highest BCUT2D eigenvalue weighted by atomic mass is 32.1. The number of nitrogens with zero attached hydrogens (tertiary/aromatic N) is 2. The fourth-order valence-corrected chi connectivity index (χ4v) is 2.59. The normalized spacial score (nSPS) is 10.7. The molecule has 2 N–H and O–H groups in total. The Bertz CT molecular complexity index is 734. The minimum absolute atomic E-state index is 0.163. The second kappa shape index (κ2) is 4.69. The summed E-state index contributed by atoms with van der Waals surface area (Å²) >= 11 is 1.14. The van der Waals surface area contributed by atoms with E-state index >= 15 is 0 Å². The van der Waals surface area contributed by atoms with Crippen molar-refractivity contribution in [1.29, 1.82) is 0 Å². The summed E-state index contributed by atoms with van der Waals surface area (Å²) in [5.41, 5.74) is 2.77. The van der Waals surface area contributed by atoms with Gasteiger partial charge in [0.15, 0.2) is 0 Å². The first-order chi connectivity index (χ1) is 9.24. The van der Waals surface area contributed by atoms with E-state index < -0.39 is 0 Å². The number of thiophene rings is 1. The predicted molar refractivity (Wildman–Crippen MR) is 74.4 cm³/mol. The molecule has 0 bridgehead atoms. The summed E-state index contributed by atoms with van der Waals surface area (Å²) in [6.45, 7) is 0.544. The third kappa shape index (κ3) is 2.27. The van der Waals surface area contributed by atoms with Crippen molar-refractivity contribution in [3.05, 3.63) is 51.5 Å². The number of aromatic nitrogens is 2. The standard InChI is InChI=1S/C12H10N4O2S/c17-16(18)11-4-8(7-19-11)5-13-10-3-1-2-9-6-14-15-12(9)10/h1-4,6-7,13H,5H2,(H,14,15). The van der Waals surface area contributed by atoms with Crippen molar-refractivity contribution in [3.8, 4) is 0 Å². The lowest BCUT2D eigenvalue weighted by molar-refractivity contribution is -0.380. The molecule has 19 heavy (non-hydrogen) atoms. The third-order valence-corrected chi connectivity index (χ3v) is 3.71. The second-order valence-electron chi connectivity index (χ2n) is 4.04. The molecule has 0 aliphatic rings. The minimum Gasteiger partial charge on any atom is -0.379 e. The summed E-state index contributed by atoms with van der Waals surface area (Å²) in [5, 5.41) is 23.8. The highest BCUT2D eigenvalue weighted by Crippen LogP contribution is 2.25. The van der Waals surface area contributed by atoms with Gasteiger partial charge in [-0.15, -0.1) is 0 Å². The van der Waals surface area contributed by atoms with Crippen molar-refractivity contribution in [2.75, 3.05) is 5.32 Å². The Kier molecular flexibility index (Phi) is 2.88. The molecule has 2 aromatic heterocycles. The van der Waals surface area contributed by atoms with Crippen LogP contribution in [0.1, 0.15) is 5.56 Å². The van der Waals surface area contributed by atoms with Crippen LogP contribution in [0, 0.1) is 10.1 Å². The molecule has 0 radical (unpaired) electrons. The number of fused-ring (bicyclic) bond motifs is 1. The number of aromatic amines is 1. The van der Waals surface area contributed by atoms with Crippen LogP contribution in [0.3, 0.4) is 0 Å². The molecule has 0 unspecified atom stereocenters. The molecule has 2 heterocycles. The van der Waals surface area contributed by atoms with Crippen molar-refractivity contribution in [2.24, 2.45) is 0 Å². The molecule has 0 spiro atoms. The topological polar surface area (TPSA) is 83.8 Å². The molecule has 0 fully saturated rings. The Balaban J connectivity index is 1.78. The van der Waals surface area contributed by atoms with E-state index in [1.54, 1.807) is 17.6 Å².